The highest BCUT2D eigenvalue weighted by Gasteiger charge is 2.25. The third-order valence-electron chi connectivity index (χ3n) is 11.1. The van der Waals surface area contributed by atoms with Gasteiger partial charge in [-0.05, 0) is 110 Å². The third-order valence-corrected chi connectivity index (χ3v) is 11.1. The van der Waals surface area contributed by atoms with Crippen molar-refractivity contribution in [2.45, 2.75) is 148 Å². The Labute approximate surface area is 294 Å². The molecule has 5 nitrogen and oxygen atoms in total. The Bertz CT molecular complexity index is 1010. The summed E-state index contributed by atoms with van der Waals surface area (Å²) in [6.45, 7) is 11.9. The zero-order valence-electron chi connectivity index (χ0n) is 31.0. The molecule has 48 heavy (non-hydrogen) atoms. The molecule has 3 rings (SSSR count). The molecule has 2 aliphatic rings. The predicted octanol–water partition coefficient (Wildman–Crippen LogP) is 10.7. The lowest BCUT2D eigenvalue weighted by Crippen LogP contribution is -2.17. The zero-order chi connectivity index (χ0) is 35.0. The molecule has 2 fully saturated rings. The van der Waals surface area contributed by atoms with Crippen molar-refractivity contribution < 1.29 is 24.2 Å². The predicted molar refractivity (Wildman–Crippen MR) is 200 cm³/mol. The van der Waals surface area contributed by atoms with Gasteiger partial charge in [-0.2, -0.15) is 0 Å². The number of unbranched alkanes of at least 4 members (excludes halogenated alkanes) is 2. The number of methoxy groups -OCH3 is 1. The second-order valence-corrected chi connectivity index (χ2v) is 14.8. The Kier molecular flexibility index (Phi) is 22.4. The maximum Gasteiger partial charge on any atom is 0.335 e. The molecule has 2 aliphatic carbocycles. The van der Waals surface area contributed by atoms with E-state index in [4.69, 9.17) is 14.6 Å². The van der Waals surface area contributed by atoms with E-state index in [0.29, 0.717) is 18.1 Å². The summed E-state index contributed by atoms with van der Waals surface area (Å²) in [7, 11) is 1.73. The molecule has 1 N–H and O–H groups in total. The molecule has 1 unspecified atom stereocenters. The van der Waals surface area contributed by atoms with Gasteiger partial charge in [0.2, 0.25) is 0 Å². The number of carbonyl (C=O) groups excluding carboxylic acids is 2. The highest BCUT2D eigenvalue weighted by Crippen LogP contribution is 2.40. The number of hydrogen-bond acceptors (Lipinski definition) is 5. The summed E-state index contributed by atoms with van der Waals surface area (Å²) in [5.41, 5.74) is 3.74. The summed E-state index contributed by atoms with van der Waals surface area (Å²) in [5, 5.41) is 9.03. The number of ether oxygens (including phenoxy) is 2. The second kappa shape index (κ2) is 25.7. The van der Waals surface area contributed by atoms with Crippen LogP contribution in [0.3, 0.4) is 0 Å². The van der Waals surface area contributed by atoms with E-state index in [1.54, 1.807) is 12.7 Å². The van der Waals surface area contributed by atoms with E-state index in [1.807, 2.05) is 6.92 Å². The van der Waals surface area contributed by atoms with Crippen LogP contribution in [0.25, 0.3) is 0 Å². The van der Waals surface area contributed by atoms with Crippen molar-refractivity contribution in [2.75, 3.05) is 26.9 Å². The van der Waals surface area contributed by atoms with Crippen LogP contribution in [0.4, 0.5) is 0 Å². The van der Waals surface area contributed by atoms with Gasteiger partial charge in [0, 0.05) is 13.7 Å². The molecule has 272 valence electrons. The number of aliphatic hydroxyl groups is 1. The molecule has 1 aromatic rings. The van der Waals surface area contributed by atoms with Crippen LogP contribution in [0, 0.1) is 23.7 Å². The first kappa shape index (κ1) is 41.9. The van der Waals surface area contributed by atoms with Crippen LogP contribution < -0.4 is 0 Å². The first-order chi connectivity index (χ1) is 23.3. The summed E-state index contributed by atoms with van der Waals surface area (Å²) in [6, 6.07) is 9.50. The number of allylic oxidation sites excluding steroid dienone is 1. The fourth-order valence-corrected chi connectivity index (χ4v) is 7.58. The lowest BCUT2D eigenvalue weighted by atomic mass is 9.74. The van der Waals surface area contributed by atoms with Gasteiger partial charge in [-0.25, -0.2) is 4.79 Å². The van der Waals surface area contributed by atoms with Crippen molar-refractivity contribution in [2.24, 2.45) is 23.7 Å². The Morgan fingerprint density at radius 3 is 1.94 bits per heavy atom. The molecule has 0 aromatic heterocycles. The highest BCUT2D eigenvalue weighted by molar-refractivity contribution is 5.87. The van der Waals surface area contributed by atoms with Gasteiger partial charge >= 0.3 is 5.97 Å². The average molecular weight is 667 g/mol. The first-order valence-electron chi connectivity index (χ1n) is 19.5. The SMILES string of the molecule is C=C(C=O)CC.C=C(CO)C(=O)OCCC(CCCc1ccc(C2CCC(CCC3CCC(CCCCC)CC3)CC2)cc1)CCOC. The van der Waals surface area contributed by atoms with E-state index < -0.39 is 5.97 Å². The molecule has 5 heteroatoms. The Hall–Kier alpha value is -2.24. The van der Waals surface area contributed by atoms with Crippen LogP contribution in [0.2, 0.25) is 0 Å². The molecule has 0 heterocycles. The number of rotatable bonds is 22. The van der Waals surface area contributed by atoms with Gasteiger partial charge < -0.3 is 14.6 Å². The maximum atomic E-state index is 11.7. The van der Waals surface area contributed by atoms with Gasteiger partial charge in [-0.3, -0.25) is 4.79 Å². The van der Waals surface area contributed by atoms with Crippen LogP contribution in [0.15, 0.2) is 48.6 Å². The second-order valence-electron chi connectivity index (χ2n) is 14.8. The number of aryl methyl sites for hydroxylation is 1. The summed E-state index contributed by atoms with van der Waals surface area (Å²) in [4.78, 5) is 21.4. The van der Waals surface area contributed by atoms with Crippen LogP contribution in [0.5, 0.6) is 0 Å². The summed E-state index contributed by atoms with van der Waals surface area (Å²) in [5.74, 6) is 3.73. The number of aldehydes is 1. The summed E-state index contributed by atoms with van der Waals surface area (Å²) in [6.07, 6.45) is 26.9. The minimum absolute atomic E-state index is 0.112. The van der Waals surface area contributed by atoms with Crippen LogP contribution in [-0.4, -0.2) is 44.3 Å². The molecule has 1 atom stereocenters. The molecule has 0 bridgehead atoms. The van der Waals surface area contributed by atoms with E-state index in [-0.39, 0.29) is 12.2 Å². The van der Waals surface area contributed by atoms with Gasteiger partial charge in [-0.15, -0.1) is 0 Å². The molecule has 0 radical (unpaired) electrons. The number of hydrogen-bond donors (Lipinski definition) is 1. The molecular weight excluding hydrogens is 596 g/mol. The lowest BCUT2D eigenvalue weighted by Gasteiger charge is -2.32. The maximum absolute atomic E-state index is 11.7. The van der Waals surface area contributed by atoms with E-state index >= 15 is 0 Å². The highest BCUT2D eigenvalue weighted by atomic mass is 16.5. The van der Waals surface area contributed by atoms with Crippen molar-refractivity contribution >= 4 is 12.3 Å². The molecule has 1 aromatic carbocycles. The Balaban J connectivity index is 0.00000122. The Morgan fingerprint density at radius 1 is 0.833 bits per heavy atom. The van der Waals surface area contributed by atoms with Crippen LogP contribution in [0.1, 0.15) is 153 Å². The first-order valence-corrected chi connectivity index (χ1v) is 19.5. The van der Waals surface area contributed by atoms with Crippen molar-refractivity contribution in [1.82, 2.24) is 0 Å². The summed E-state index contributed by atoms with van der Waals surface area (Å²) < 4.78 is 10.6. The fourth-order valence-electron chi connectivity index (χ4n) is 7.58. The standard InChI is InChI=1S/C38H62O4.C5H8O/c1-4-5-6-8-31-11-13-34(14-12-31)15-16-35-19-23-37(24-20-35)36-21-17-32(18-22-36)9-7-10-33(25-27-41-3)26-28-42-38(40)30(2)29-39;1-3-5(2)4-6/h17-18,21-22,31,33-35,37,39H,2,4-16,19-20,23-29H2,1,3H3;4H,2-3H2,1H3. The third kappa shape index (κ3) is 17.4. The monoisotopic (exact) mass is 667 g/mol. The van der Waals surface area contributed by atoms with Gasteiger partial charge in [0.05, 0.1) is 18.8 Å². The number of esters is 1. The minimum Gasteiger partial charge on any atom is -0.462 e. The quantitative estimate of drug-likeness (QED) is 0.0577. The van der Waals surface area contributed by atoms with Gasteiger partial charge in [0.1, 0.15) is 6.29 Å². The largest absolute Gasteiger partial charge is 0.462 e. The lowest BCUT2D eigenvalue weighted by molar-refractivity contribution is -0.139. The Morgan fingerprint density at radius 2 is 1.42 bits per heavy atom. The van der Waals surface area contributed by atoms with Crippen LogP contribution in [-0.2, 0) is 25.5 Å². The number of carbonyl (C=O) groups is 2. The van der Waals surface area contributed by atoms with Crippen molar-refractivity contribution in [3.63, 3.8) is 0 Å². The van der Waals surface area contributed by atoms with Gasteiger partial charge in [0.15, 0.2) is 0 Å². The van der Waals surface area contributed by atoms with Gasteiger partial charge in [0.25, 0.3) is 0 Å². The van der Waals surface area contributed by atoms with E-state index in [2.05, 4.69) is 44.3 Å². The van der Waals surface area contributed by atoms with Crippen molar-refractivity contribution in [1.29, 1.82) is 0 Å². The number of aliphatic hydroxyl groups excluding tert-OH is 1. The normalized spacial score (nSPS) is 21.4. The molecule has 0 saturated heterocycles. The molecule has 0 amide bonds. The summed E-state index contributed by atoms with van der Waals surface area (Å²) >= 11 is 0. The smallest absolute Gasteiger partial charge is 0.335 e. The molecule has 2 saturated carbocycles. The molecule has 0 spiro atoms. The molecular formula is C43H70O5. The van der Waals surface area contributed by atoms with Crippen molar-refractivity contribution in [3.05, 3.63) is 59.7 Å². The topological polar surface area (TPSA) is 72.8 Å². The minimum atomic E-state index is -0.498. The molecule has 0 aliphatic heterocycles. The van der Waals surface area contributed by atoms with E-state index in [0.717, 1.165) is 75.1 Å². The van der Waals surface area contributed by atoms with Gasteiger partial charge in [-0.1, -0.05) is 115 Å². The van der Waals surface area contributed by atoms with E-state index in [9.17, 15) is 9.59 Å². The van der Waals surface area contributed by atoms with E-state index in [1.165, 1.54) is 95.5 Å². The zero-order valence-corrected chi connectivity index (χ0v) is 31.0. The average Bonchev–Trinajstić information content (AvgIpc) is 3.13. The van der Waals surface area contributed by atoms with Crippen LogP contribution >= 0.6 is 0 Å². The fraction of sp³-hybridized carbons (Fsp3) is 0.721. The van der Waals surface area contributed by atoms with Crippen molar-refractivity contribution in [3.8, 4) is 0 Å². The number of benzene rings is 1.